The Morgan fingerprint density at radius 3 is 2.71 bits per heavy atom. The van der Waals surface area contributed by atoms with Gasteiger partial charge >= 0.3 is 0 Å². The van der Waals surface area contributed by atoms with E-state index in [2.05, 4.69) is 36.3 Å². The molecule has 1 fully saturated rings. The van der Waals surface area contributed by atoms with Gasteiger partial charge in [-0.05, 0) is 43.9 Å². The molecule has 1 aliphatic rings. The number of hydrogen-bond acceptors (Lipinski definition) is 3. The lowest BCUT2D eigenvalue weighted by molar-refractivity contribution is 0.155. The first-order valence-electron chi connectivity index (χ1n) is 10.5. The summed E-state index contributed by atoms with van der Waals surface area (Å²) in [7, 11) is 1.76. The number of ether oxygens (including phenoxy) is 1. The van der Waals surface area contributed by atoms with Gasteiger partial charge in [-0.15, -0.1) is 0 Å². The first kappa shape index (κ1) is 22.6. The quantitative estimate of drug-likeness (QED) is 0.385. The minimum Gasteiger partial charge on any atom is -0.385 e. The van der Waals surface area contributed by atoms with Crippen molar-refractivity contribution in [3.63, 3.8) is 0 Å². The lowest BCUT2D eigenvalue weighted by Crippen LogP contribution is -2.49. The van der Waals surface area contributed by atoms with E-state index >= 15 is 0 Å². The van der Waals surface area contributed by atoms with Crippen molar-refractivity contribution in [2.75, 3.05) is 46.4 Å². The van der Waals surface area contributed by atoms with Gasteiger partial charge in [0.1, 0.15) is 5.82 Å². The Morgan fingerprint density at radius 1 is 1.32 bits per heavy atom. The van der Waals surface area contributed by atoms with Crippen molar-refractivity contribution in [3.8, 4) is 0 Å². The highest BCUT2D eigenvalue weighted by Crippen LogP contribution is 2.24. The molecule has 1 aromatic carbocycles. The maximum absolute atomic E-state index is 13.6. The summed E-state index contributed by atoms with van der Waals surface area (Å²) in [5, 5.41) is 6.95. The van der Waals surface area contributed by atoms with Crippen molar-refractivity contribution in [2.24, 2.45) is 4.99 Å². The van der Waals surface area contributed by atoms with E-state index in [4.69, 9.17) is 9.73 Å². The third kappa shape index (κ3) is 7.40. The largest absolute Gasteiger partial charge is 0.385 e. The summed E-state index contributed by atoms with van der Waals surface area (Å²) < 4.78 is 18.7. The van der Waals surface area contributed by atoms with Crippen LogP contribution in [0.25, 0.3) is 0 Å². The molecule has 0 aromatic heterocycles. The number of nitrogens with one attached hydrogen (secondary N) is 2. The van der Waals surface area contributed by atoms with Gasteiger partial charge in [0.25, 0.3) is 0 Å². The smallest absolute Gasteiger partial charge is 0.191 e. The number of nitrogens with zero attached hydrogens (tertiary/aromatic N) is 2. The molecule has 0 amide bonds. The Morgan fingerprint density at radius 2 is 2.07 bits per heavy atom. The highest BCUT2D eigenvalue weighted by molar-refractivity contribution is 5.80. The van der Waals surface area contributed by atoms with Crippen molar-refractivity contribution >= 4 is 5.96 Å². The fourth-order valence-corrected chi connectivity index (χ4v) is 3.52. The molecule has 0 radical (unpaired) electrons. The van der Waals surface area contributed by atoms with E-state index in [0.717, 1.165) is 63.6 Å². The lowest BCUT2D eigenvalue weighted by atomic mass is 9.85. The molecule has 1 heterocycles. The number of halogens is 1. The van der Waals surface area contributed by atoms with Crippen LogP contribution in [0.3, 0.4) is 0 Å². The number of likely N-dealkylation sites (tertiary alicyclic amines) is 1. The zero-order valence-corrected chi connectivity index (χ0v) is 17.9. The molecule has 0 unspecified atom stereocenters. The summed E-state index contributed by atoms with van der Waals surface area (Å²) in [4.78, 5) is 7.32. The standard InChI is InChI=1S/C22H37FN4O/c1-5-24-21(25-17-22(2,3)18-8-6-9-19(23)16-18)26-20-10-13-27(14-11-20)12-7-15-28-4/h6,8-9,16,20H,5,7,10-15,17H2,1-4H3,(H2,24,25,26). The van der Waals surface area contributed by atoms with Crippen LogP contribution in [0.4, 0.5) is 4.39 Å². The highest BCUT2D eigenvalue weighted by atomic mass is 19.1. The summed E-state index contributed by atoms with van der Waals surface area (Å²) >= 11 is 0. The first-order valence-corrected chi connectivity index (χ1v) is 10.5. The minimum absolute atomic E-state index is 0.197. The highest BCUT2D eigenvalue weighted by Gasteiger charge is 2.23. The zero-order chi connectivity index (χ0) is 20.4. The van der Waals surface area contributed by atoms with Crippen LogP contribution in [0.15, 0.2) is 29.3 Å². The Balaban J connectivity index is 1.88. The number of guanidine groups is 1. The third-order valence-electron chi connectivity index (χ3n) is 5.33. The molecule has 0 spiro atoms. The van der Waals surface area contributed by atoms with Crippen molar-refractivity contribution in [1.82, 2.24) is 15.5 Å². The van der Waals surface area contributed by atoms with Crippen LogP contribution >= 0.6 is 0 Å². The van der Waals surface area contributed by atoms with Gasteiger partial charge in [0.05, 0.1) is 6.54 Å². The number of methoxy groups -OCH3 is 1. The molecule has 0 atom stereocenters. The second-order valence-corrected chi connectivity index (χ2v) is 8.20. The third-order valence-corrected chi connectivity index (χ3v) is 5.33. The molecule has 2 rings (SSSR count). The normalized spacial score (nSPS) is 17.0. The van der Waals surface area contributed by atoms with Crippen LogP contribution in [0.2, 0.25) is 0 Å². The average Bonchev–Trinajstić information content (AvgIpc) is 2.68. The van der Waals surface area contributed by atoms with E-state index in [-0.39, 0.29) is 11.2 Å². The summed E-state index contributed by atoms with van der Waals surface area (Å²) in [5.41, 5.74) is 0.742. The van der Waals surface area contributed by atoms with Crippen LogP contribution in [0.5, 0.6) is 0 Å². The van der Waals surface area contributed by atoms with Crippen LogP contribution in [0, 0.1) is 5.82 Å². The van der Waals surface area contributed by atoms with Crippen molar-refractivity contribution in [2.45, 2.75) is 51.5 Å². The number of hydrogen-bond donors (Lipinski definition) is 2. The SMILES string of the molecule is CCNC(=NCC(C)(C)c1cccc(F)c1)NC1CCN(CCCOC)CC1. The Labute approximate surface area is 169 Å². The first-order chi connectivity index (χ1) is 13.4. The Kier molecular flexibility index (Phi) is 9.19. The molecule has 0 aliphatic carbocycles. The Hall–Kier alpha value is -1.66. The molecular weight excluding hydrogens is 355 g/mol. The van der Waals surface area contributed by atoms with Crippen LogP contribution < -0.4 is 10.6 Å². The lowest BCUT2D eigenvalue weighted by Gasteiger charge is -2.33. The average molecular weight is 393 g/mol. The van der Waals surface area contributed by atoms with E-state index < -0.39 is 0 Å². The van der Waals surface area contributed by atoms with E-state index in [9.17, 15) is 4.39 Å². The monoisotopic (exact) mass is 392 g/mol. The van der Waals surface area contributed by atoms with E-state index in [1.165, 1.54) is 6.07 Å². The van der Waals surface area contributed by atoms with E-state index in [0.29, 0.717) is 12.6 Å². The van der Waals surface area contributed by atoms with E-state index in [1.807, 2.05) is 6.07 Å². The van der Waals surface area contributed by atoms with Gasteiger partial charge in [-0.2, -0.15) is 0 Å². The number of piperidine rings is 1. The summed E-state index contributed by atoms with van der Waals surface area (Å²) in [6, 6.07) is 7.26. The molecule has 28 heavy (non-hydrogen) atoms. The van der Waals surface area contributed by atoms with E-state index in [1.54, 1.807) is 19.2 Å². The predicted octanol–water partition coefficient (Wildman–Crippen LogP) is 3.16. The molecule has 0 bridgehead atoms. The molecule has 2 N–H and O–H groups in total. The number of aliphatic imine (C=N–C) groups is 1. The van der Waals surface area contributed by atoms with Crippen molar-refractivity contribution < 1.29 is 9.13 Å². The fourth-order valence-electron chi connectivity index (χ4n) is 3.52. The summed E-state index contributed by atoms with van der Waals surface area (Å²) in [6.07, 6.45) is 3.32. The molecule has 158 valence electrons. The molecule has 5 nitrogen and oxygen atoms in total. The van der Waals surface area contributed by atoms with Crippen molar-refractivity contribution in [1.29, 1.82) is 0 Å². The van der Waals surface area contributed by atoms with Gasteiger partial charge in [0.15, 0.2) is 5.96 Å². The van der Waals surface area contributed by atoms with Gasteiger partial charge in [-0.3, -0.25) is 4.99 Å². The van der Waals surface area contributed by atoms with Gasteiger partial charge in [-0.1, -0.05) is 26.0 Å². The minimum atomic E-state index is -0.227. The predicted molar refractivity (Wildman–Crippen MR) is 114 cm³/mol. The Bertz CT molecular complexity index is 612. The maximum atomic E-state index is 13.6. The summed E-state index contributed by atoms with van der Waals surface area (Å²) in [6.45, 7) is 11.9. The van der Waals surface area contributed by atoms with Crippen molar-refractivity contribution in [3.05, 3.63) is 35.6 Å². The van der Waals surface area contributed by atoms with Gasteiger partial charge < -0.3 is 20.3 Å². The molecule has 1 aromatic rings. The molecular formula is C22H37FN4O. The van der Waals surface area contributed by atoms with Gasteiger partial charge in [0.2, 0.25) is 0 Å². The second kappa shape index (κ2) is 11.4. The van der Waals surface area contributed by atoms with Gasteiger partial charge in [0, 0.05) is 51.4 Å². The number of benzene rings is 1. The molecule has 0 saturated carbocycles. The van der Waals surface area contributed by atoms with Crippen LogP contribution in [-0.4, -0.2) is 63.3 Å². The summed E-state index contributed by atoms with van der Waals surface area (Å²) in [5.74, 6) is 0.654. The maximum Gasteiger partial charge on any atom is 0.191 e. The zero-order valence-electron chi connectivity index (χ0n) is 17.9. The fraction of sp³-hybridized carbons (Fsp3) is 0.682. The van der Waals surface area contributed by atoms with Crippen LogP contribution in [-0.2, 0) is 10.2 Å². The number of rotatable bonds is 9. The molecule has 1 aliphatic heterocycles. The second-order valence-electron chi connectivity index (χ2n) is 8.20. The molecule has 1 saturated heterocycles. The molecule has 6 heteroatoms. The van der Waals surface area contributed by atoms with Crippen LogP contribution in [0.1, 0.15) is 45.6 Å². The topological polar surface area (TPSA) is 48.9 Å². The van der Waals surface area contributed by atoms with Gasteiger partial charge in [-0.25, -0.2) is 4.39 Å².